The molecule has 4 atom stereocenters. The van der Waals surface area contributed by atoms with Crippen molar-refractivity contribution in [2.75, 3.05) is 60.1 Å². The van der Waals surface area contributed by atoms with Crippen molar-refractivity contribution in [3.8, 4) is 22.4 Å². The van der Waals surface area contributed by atoms with Crippen LogP contribution in [0.3, 0.4) is 0 Å². The maximum Gasteiger partial charge on any atom is 0.406 e. The second-order valence-corrected chi connectivity index (χ2v) is 21.8. The number of hydrogen-bond donors (Lipinski definition) is 2. The van der Waals surface area contributed by atoms with E-state index in [1.165, 1.54) is 27.7 Å². The minimum atomic E-state index is -4.64. The number of morpholine rings is 1. The van der Waals surface area contributed by atoms with Crippen LogP contribution in [0.1, 0.15) is 88.8 Å². The van der Waals surface area contributed by atoms with E-state index in [1.54, 1.807) is 92.3 Å². The Morgan fingerprint density at radius 3 is 2.49 bits per heavy atom. The van der Waals surface area contributed by atoms with Gasteiger partial charge in [0, 0.05) is 81.3 Å². The summed E-state index contributed by atoms with van der Waals surface area (Å²) in [6.45, 7) is 12.2. The molecule has 0 radical (unpaired) electrons. The fourth-order valence-electron chi connectivity index (χ4n) is 11.3. The average Bonchev–Trinajstić information content (AvgIpc) is 3.72. The van der Waals surface area contributed by atoms with Crippen LogP contribution in [0, 0.1) is 16.2 Å². The number of methoxy groups -OCH3 is 1. The van der Waals surface area contributed by atoms with Gasteiger partial charge in [-0.2, -0.15) is 18.6 Å². The molecule has 6 bridgehead atoms. The van der Waals surface area contributed by atoms with Gasteiger partial charge in [-0.15, -0.1) is 0 Å². The van der Waals surface area contributed by atoms with Gasteiger partial charge in [-0.3, -0.25) is 24.4 Å². The number of piperidine rings is 1. The molecular formula is C55H70F4N9O8+. The summed E-state index contributed by atoms with van der Waals surface area (Å²) in [4.78, 5) is 86.0. The molecule has 3 fully saturated rings. The highest BCUT2D eigenvalue weighted by molar-refractivity contribution is 5.96. The SMILES string of the molecule is C=CC(=O)N1CCOC2(CCN(C(=O)N(C)[C@H](C(=O)N[C@H]3Cc4cc(CF)cc(c4)-c4ccc5c(c4)c(c(-c4cccnc4[C@H](C)OC)n5CC(F)(F)F)CC(C)(C)CO[N+](=O)[C@@H]4CCCN(N4)C3=O)C(C)C)CC2)C1. The number of pyridine rings is 1. The van der Waals surface area contributed by atoms with Crippen molar-refractivity contribution in [2.24, 2.45) is 11.3 Å². The molecule has 2 aromatic carbocycles. The van der Waals surface area contributed by atoms with Crippen LogP contribution in [-0.2, 0) is 54.8 Å². The summed E-state index contributed by atoms with van der Waals surface area (Å²) in [5.74, 6) is -1.82. The molecule has 0 aliphatic carbocycles. The predicted molar refractivity (Wildman–Crippen MR) is 276 cm³/mol. The molecule has 3 saturated heterocycles. The van der Waals surface area contributed by atoms with Gasteiger partial charge < -0.3 is 34.1 Å². The van der Waals surface area contributed by atoms with Crippen LogP contribution in [0.2, 0.25) is 0 Å². The molecule has 17 nitrogen and oxygen atoms in total. The molecule has 410 valence electrons. The third-order valence-corrected chi connectivity index (χ3v) is 15.2. The van der Waals surface area contributed by atoms with Crippen molar-refractivity contribution in [2.45, 2.75) is 122 Å². The van der Waals surface area contributed by atoms with E-state index in [-0.39, 0.29) is 55.1 Å². The summed E-state index contributed by atoms with van der Waals surface area (Å²) >= 11 is 0. The molecule has 6 heterocycles. The topological polar surface area (TPSA) is 171 Å². The summed E-state index contributed by atoms with van der Waals surface area (Å²) in [6, 6.07) is 10.7. The summed E-state index contributed by atoms with van der Waals surface area (Å²) in [6.07, 6.45) is -1.86. The van der Waals surface area contributed by atoms with Crippen LogP contribution >= 0.6 is 0 Å². The van der Waals surface area contributed by atoms with Gasteiger partial charge in [-0.05, 0) is 103 Å². The number of ether oxygens (including phenoxy) is 2. The lowest BCUT2D eigenvalue weighted by molar-refractivity contribution is -0.835. The maximum atomic E-state index is 15.0. The first-order valence-corrected chi connectivity index (χ1v) is 26.0. The van der Waals surface area contributed by atoms with E-state index < -0.39 is 78.5 Å². The van der Waals surface area contributed by atoms with Gasteiger partial charge in [0.15, 0.2) is 6.61 Å². The van der Waals surface area contributed by atoms with E-state index in [4.69, 9.17) is 14.3 Å². The molecule has 0 unspecified atom stereocenters. The second kappa shape index (κ2) is 22.6. The molecule has 2 aromatic heterocycles. The lowest BCUT2D eigenvalue weighted by Gasteiger charge is -2.47. The number of halogens is 4. The molecule has 1 spiro atoms. The number of amides is 5. The van der Waals surface area contributed by atoms with Crippen molar-refractivity contribution < 1.29 is 56.0 Å². The lowest BCUT2D eigenvalue weighted by atomic mass is 9.84. The standard InChI is InChI=1S/C55H69F4N9O8/c1-9-46(69)65-22-23-75-54(31-65)16-20-64(21-17-54)52(72)63(7)48(34(2)3)50(70)61-43-27-36-24-37(30-56)26-39(25-36)38-14-15-44-41(28-38)42(29-53(5,6)33-76-68(73)45-13-11-19-67(62-45)51(43)71)49(66(44)32-55(57,58)59)40-12-10-18-60-47(40)35(4)74-8/h9-10,12,14-15,18,24-26,28,34-35,43,45,48,62H,1,11,13,16-17,19-23,27,29-33H2,2-8H3/p+1/t35-,43-,45+,48-/m0/s1. The Hall–Kier alpha value is -6.45. The van der Waals surface area contributed by atoms with Crippen LogP contribution in [0.15, 0.2) is 67.4 Å². The molecule has 4 aliphatic rings. The molecule has 0 saturated carbocycles. The number of urea groups is 1. The molecule has 8 rings (SSSR count). The number of nitrogens with zero attached hydrogens (tertiary/aromatic N) is 7. The third kappa shape index (κ3) is 12.1. The Morgan fingerprint density at radius 2 is 1.80 bits per heavy atom. The number of nitrogens with one attached hydrogen (secondary N) is 2. The Morgan fingerprint density at radius 1 is 1.05 bits per heavy atom. The van der Waals surface area contributed by atoms with Crippen molar-refractivity contribution in [3.05, 3.63) is 94.7 Å². The van der Waals surface area contributed by atoms with E-state index in [0.29, 0.717) is 95.9 Å². The maximum absolute atomic E-state index is 15.0. The van der Waals surface area contributed by atoms with Gasteiger partial charge in [0.05, 0.1) is 41.2 Å². The number of alkyl halides is 4. The fraction of sp³-hybridized carbons (Fsp3) is 0.545. The lowest BCUT2D eigenvalue weighted by Crippen LogP contribution is -2.63. The summed E-state index contributed by atoms with van der Waals surface area (Å²) in [5, 5.41) is 4.72. The van der Waals surface area contributed by atoms with E-state index in [9.17, 15) is 37.3 Å². The average molecular weight is 1060 g/mol. The normalized spacial score (nSPS) is 21.0. The molecule has 5 amide bonds. The van der Waals surface area contributed by atoms with Crippen LogP contribution in [-0.4, -0.2) is 148 Å². The van der Waals surface area contributed by atoms with Gasteiger partial charge in [0.25, 0.3) is 5.91 Å². The Balaban J connectivity index is 1.17. The number of likely N-dealkylation sites (N-methyl/N-ethyl adjacent to an activating group) is 1. The largest absolute Gasteiger partial charge is 0.406 e. The predicted octanol–water partition coefficient (Wildman–Crippen LogP) is 7.84. The van der Waals surface area contributed by atoms with Gasteiger partial charge in [-0.1, -0.05) is 52.5 Å². The van der Waals surface area contributed by atoms with Crippen molar-refractivity contribution in [1.29, 1.82) is 0 Å². The van der Waals surface area contributed by atoms with E-state index in [0.717, 1.165) is 0 Å². The highest BCUT2D eigenvalue weighted by Crippen LogP contribution is 2.43. The first kappa shape index (κ1) is 55.8. The highest BCUT2D eigenvalue weighted by Gasteiger charge is 2.45. The van der Waals surface area contributed by atoms with Crippen molar-refractivity contribution >= 4 is 34.7 Å². The number of carbonyl (C=O) groups is 4. The summed E-state index contributed by atoms with van der Waals surface area (Å²) in [5.41, 5.74) is 5.26. The zero-order chi connectivity index (χ0) is 54.9. The quantitative estimate of drug-likeness (QED) is 0.118. The smallest absolute Gasteiger partial charge is 0.375 e. The summed E-state index contributed by atoms with van der Waals surface area (Å²) < 4.78 is 72.5. The van der Waals surface area contributed by atoms with Gasteiger partial charge in [-0.25, -0.2) is 14.0 Å². The monoisotopic (exact) mass is 1060 g/mol. The first-order valence-electron chi connectivity index (χ1n) is 26.0. The van der Waals surface area contributed by atoms with E-state index in [1.807, 2.05) is 13.8 Å². The third-order valence-electron chi connectivity index (χ3n) is 15.2. The Labute approximate surface area is 440 Å². The minimum absolute atomic E-state index is 0.140. The zero-order valence-electron chi connectivity index (χ0n) is 44.4. The number of carbonyl (C=O) groups excluding carboxylic acids is 4. The first-order chi connectivity index (χ1) is 36.0. The molecule has 21 heteroatoms. The van der Waals surface area contributed by atoms with Crippen LogP contribution in [0.4, 0.5) is 22.4 Å². The number of benzene rings is 2. The minimum Gasteiger partial charge on any atom is -0.375 e. The molecular weight excluding hydrogens is 991 g/mol. The number of rotatable bonds is 10. The van der Waals surface area contributed by atoms with Gasteiger partial charge in [0.1, 0.15) is 25.3 Å². The van der Waals surface area contributed by atoms with Crippen molar-refractivity contribution in [3.63, 3.8) is 0 Å². The Kier molecular flexibility index (Phi) is 16.6. The molecule has 2 N–H and O–H groups in total. The highest BCUT2D eigenvalue weighted by atomic mass is 19.4. The number of likely N-dealkylation sites (tertiary alicyclic amines) is 1. The van der Waals surface area contributed by atoms with E-state index in [2.05, 4.69) is 22.3 Å². The van der Waals surface area contributed by atoms with Crippen molar-refractivity contribution in [1.82, 2.24) is 40.0 Å². The number of aromatic nitrogens is 2. The van der Waals surface area contributed by atoms with Crippen LogP contribution in [0.25, 0.3) is 33.3 Å². The van der Waals surface area contributed by atoms with Gasteiger partial charge >= 0.3 is 18.4 Å². The van der Waals surface area contributed by atoms with Gasteiger partial charge in [0.2, 0.25) is 16.7 Å². The number of hydrazine groups is 1. The van der Waals surface area contributed by atoms with E-state index >= 15 is 4.39 Å². The molecule has 4 aliphatic heterocycles. The Bertz CT molecular complexity index is 2850. The summed E-state index contributed by atoms with van der Waals surface area (Å²) in [7, 11) is 3.04. The molecule has 4 aromatic rings. The van der Waals surface area contributed by atoms with Crippen LogP contribution in [0.5, 0.6) is 0 Å². The molecule has 76 heavy (non-hydrogen) atoms. The fourth-order valence-corrected chi connectivity index (χ4v) is 11.3. The van der Waals surface area contributed by atoms with Crippen LogP contribution < -0.4 is 10.7 Å². The number of hydrogen-bond acceptors (Lipinski definition) is 10. The number of fused-ring (bicyclic) bond motifs is 6. The zero-order valence-corrected chi connectivity index (χ0v) is 44.4. The second-order valence-electron chi connectivity index (χ2n) is 21.8.